The van der Waals surface area contributed by atoms with Crippen molar-refractivity contribution in [2.45, 2.75) is 45.8 Å². The maximum atomic E-state index is 12.9. The number of amides is 1. The van der Waals surface area contributed by atoms with E-state index in [0.29, 0.717) is 13.2 Å². The smallest absolute Gasteiger partial charge is 0.254 e. The maximum absolute atomic E-state index is 12.9. The molecule has 21 heavy (non-hydrogen) atoms. The van der Waals surface area contributed by atoms with Crippen LogP contribution >= 0.6 is 0 Å². The number of ether oxygens (including phenoxy) is 1. The van der Waals surface area contributed by atoms with Gasteiger partial charge in [0.25, 0.3) is 5.91 Å². The summed E-state index contributed by atoms with van der Waals surface area (Å²) in [6.07, 6.45) is 1.94. The third-order valence-electron chi connectivity index (χ3n) is 4.26. The number of benzene rings is 1. The van der Waals surface area contributed by atoms with E-state index in [1.807, 2.05) is 17.0 Å². The van der Waals surface area contributed by atoms with E-state index in [2.05, 4.69) is 25.2 Å². The molecule has 0 spiro atoms. The topological polar surface area (TPSA) is 41.6 Å². The third kappa shape index (κ3) is 3.63. The first-order chi connectivity index (χ1) is 10.2. The second-order valence-corrected chi connectivity index (χ2v) is 5.55. The minimum absolute atomic E-state index is 0.121. The van der Waals surface area contributed by atoms with Gasteiger partial charge in [0.15, 0.2) is 0 Å². The second-order valence-electron chi connectivity index (χ2n) is 5.55. The lowest BCUT2D eigenvalue weighted by atomic mass is 10.0. The summed E-state index contributed by atoms with van der Waals surface area (Å²) in [5, 5.41) is 3.32. The molecule has 0 aromatic heterocycles. The quantitative estimate of drug-likeness (QED) is 0.839. The molecule has 0 radical (unpaired) electrons. The van der Waals surface area contributed by atoms with Crippen LogP contribution in [0, 0.1) is 0 Å². The summed E-state index contributed by atoms with van der Waals surface area (Å²) in [6, 6.07) is 6.35. The normalized spacial score (nSPS) is 13.5. The number of carbonyl (C=O) groups is 1. The average Bonchev–Trinajstić information content (AvgIpc) is 2.98. The number of nitrogens with one attached hydrogen (secondary N) is 1. The van der Waals surface area contributed by atoms with Crippen LogP contribution in [0.3, 0.4) is 0 Å². The average molecular weight is 290 g/mol. The molecule has 1 N–H and O–H groups in total. The van der Waals surface area contributed by atoms with Crippen molar-refractivity contribution in [3.63, 3.8) is 0 Å². The van der Waals surface area contributed by atoms with Gasteiger partial charge in [0.2, 0.25) is 0 Å². The van der Waals surface area contributed by atoms with Crippen molar-refractivity contribution in [2.75, 3.05) is 20.3 Å². The first kappa shape index (κ1) is 16.0. The van der Waals surface area contributed by atoms with Gasteiger partial charge >= 0.3 is 0 Å². The fourth-order valence-corrected chi connectivity index (χ4v) is 2.96. The van der Waals surface area contributed by atoms with Gasteiger partial charge in [0.1, 0.15) is 0 Å². The van der Waals surface area contributed by atoms with Crippen molar-refractivity contribution in [2.24, 2.45) is 0 Å². The van der Waals surface area contributed by atoms with E-state index in [9.17, 15) is 4.79 Å². The Kier molecular flexibility index (Phi) is 5.76. The van der Waals surface area contributed by atoms with E-state index in [1.54, 1.807) is 7.11 Å². The van der Waals surface area contributed by atoms with Crippen LogP contribution in [-0.2, 0) is 17.8 Å². The van der Waals surface area contributed by atoms with E-state index < -0.39 is 0 Å². The summed E-state index contributed by atoms with van der Waals surface area (Å²) in [5.41, 5.74) is 3.34. The van der Waals surface area contributed by atoms with Gasteiger partial charge in [-0.3, -0.25) is 4.79 Å². The van der Waals surface area contributed by atoms with Crippen LogP contribution in [0.2, 0.25) is 0 Å². The Hall–Kier alpha value is -1.39. The molecule has 1 amide bonds. The number of hydrogen-bond acceptors (Lipinski definition) is 3. The SMILES string of the molecule is CCC(CC)N(CCOC)C(=O)c1ccc2c(c1)CNC2. The standard InChI is InChI=1S/C17H26N2O2/c1-4-16(5-2)19(8-9-21-3)17(20)13-6-7-14-11-18-12-15(14)10-13/h6-7,10,16,18H,4-5,8-9,11-12H2,1-3H3. The minimum atomic E-state index is 0.121. The monoisotopic (exact) mass is 290 g/mol. The van der Waals surface area contributed by atoms with Gasteiger partial charge in [-0.05, 0) is 36.1 Å². The van der Waals surface area contributed by atoms with Crippen molar-refractivity contribution < 1.29 is 9.53 Å². The van der Waals surface area contributed by atoms with Crippen molar-refractivity contribution in [3.8, 4) is 0 Å². The molecule has 2 rings (SSSR count). The highest BCUT2D eigenvalue weighted by molar-refractivity contribution is 5.94. The first-order valence-electron chi connectivity index (χ1n) is 7.83. The van der Waals surface area contributed by atoms with Crippen LogP contribution in [0.4, 0.5) is 0 Å². The zero-order chi connectivity index (χ0) is 15.2. The van der Waals surface area contributed by atoms with E-state index >= 15 is 0 Å². The summed E-state index contributed by atoms with van der Waals surface area (Å²) >= 11 is 0. The maximum Gasteiger partial charge on any atom is 0.254 e. The zero-order valence-electron chi connectivity index (χ0n) is 13.3. The molecule has 0 saturated carbocycles. The summed E-state index contributed by atoms with van der Waals surface area (Å²) in [4.78, 5) is 14.8. The summed E-state index contributed by atoms with van der Waals surface area (Å²) < 4.78 is 5.17. The lowest BCUT2D eigenvalue weighted by Crippen LogP contribution is -2.41. The number of rotatable bonds is 7. The molecule has 1 aliphatic heterocycles. The molecule has 4 heteroatoms. The number of fused-ring (bicyclic) bond motifs is 1. The highest BCUT2D eigenvalue weighted by atomic mass is 16.5. The lowest BCUT2D eigenvalue weighted by molar-refractivity contribution is 0.0589. The van der Waals surface area contributed by atoms with Crippen molar-refractivity contribution >= 4 is 5.91 Å². The number of hydrogen-bond donors (Lipinski definition) is 1. The molecular weight excluding hydrogens is 264 g/mol. The highest BCUT2D eigenvalue weighted by Gasteiger charge is 2.23. The molecule has 0 fully saturated rings. The van der Waals surface area contributed by atoms with Gasteiger partial charge in [-0.1, -0.05) is 19.9 Å². The Morgan fingerprint density at radius 2 is 2.00 bits per heavy atom. The largest absolute Gasteiger partial charge is 0.383 e. The zero-order valence-corrected chi connectivity index (χ0v) is 13.3. The third-order valence-corrected chi connectivity index (χ3v) is 4.26. The second kappa shape index (κ2) is 7.57. The van der Waals surface area contributed by atoms with Gasteiger partial charge in [0, 0.05) is 38.3 Å². The van der Waals surface area contributed by atoms with E-state index in [4.69, 9.17) is 4.74 Å². The minimum Gasteiger partial charge on any atom is -0.383 e. The Bertz CT molecular complexity index is 484. The first-order valence-corrected chi connectivity index (χ1v) is 7.83. The van der Waals surface area contributed by atoms with E-state index in [0.717, 1.165) is 31.5 Å². The number of carbonyl (C=O) groups excluding carboxylic acids is 1. The van der Waals surface area contributed by atoms with Gasteiger partial charge in [-0.2, -0.15) is 0 Å². The molecule has 1 aromatic rings. The summed E-state index contributed by atoms with van der Waals surface area (Å²) in [5.74, 6) is 0.121. The van der Waals surface area contributed by atoms with Crippen molar-refractivity contribution in [3.05, 3.63) is 34.9 Å². The van der Waals surface area contributed by atoms with E-state index in [1.165, 1.54) is 11.1 Å². The highest BCUT2D eigenvalue weighted by Crippen LogP contribution is 2.20. The molecule has 0 saturated heterocycles. The molecule has 4 nitrogen and oxygen atoms in total. The molecule has 0 aliphatic carbocycles. The van der Waals surface area contributed by atoms with Crippen molar-refractivity contribution in [1.82, 2.24) is 10.2 Å². The van der Waals surface area contributed by atoms with Crippen LogP contribution < -0.4 is 5.32 Å². The van der Waals surface area contributed by atoms with Gasteiger partial charge in [-0.25, -0.2) is 0 Å². The Balaban J connectivity index is 2.20. The van der Waals surface area contributed by atoms with Gasteiger partial charge in [-0.15, -0.1) is 0 Å². The Morgan fingerprint density at radius 3 is 2.67 bits per heavy atom. The van der Waals surface area contributed by atoms with Crippen molar-refractivity contribution in [1.29, 1.82) is 0 Å². The Labute approximate surface area is 127 Å². The summed E-state index contributed by atoms with van der Waals surface area (Å²) in [7, 11) is 1.68. The Morgan fingerprint density at radius 1 is 1.29 bits per heavy atom. The molecule has 1 aliphatic rings. The van der Waals surface area contributed by atoms with Gasteiger partial charge < -0.3 is 15.0 Å². The molecule has 1 aromatic carbocycles. The summed E-state index contributed by atoms with van der Waals surface area (Å²) in [6.45, 7) is 7.26. The van der Waals surface area contributed by atoms with Crippen LogP contribution in [0.1, 0.15) is 48.2 Å². The number of methoxy groups -OCH3 is 1. The molecule has 1 heterocycles. The van der Waals surface area contributed by atoms with Crippen LogP contribution in [-0.4, -0.2) is 37.1 Å². The lowest BCUT2D eigenvalue weighted by Gasteiger charge is -2.30. The molecule has 0 bridgehead atoms. The molecule has 0 atom stereocenters. The predicted octanol–water partition coefficient (Wildman–Crippen LogP) is 2.57. The van der Waals surface area contributed by atoms with Crippen LogP contribution in [0.5, 0.6) is 0 Å². The van der Waals surface area contributed by atoms with Crippen LogP contribution in [0.25, 0.3) is 0 Å². The molecule has 116 valence electrons. The predicted molar refractivity (Wildman–Crippen MR) is 84.3 cm³/mol. The molecule has 0 unspecified atom stereocenters. The van der Waals surface area contributed by atoms with E-state index in [-0.39, 0.29) is 11.9 Å². The van der Waals surface area contributed by atoms with Gasteiger partial charge in [0.05, 0.1) is 6.61 Å². The fraction of sp³-hybridized carbons (Fsp3) is 0.588. The van der Waals surface area contributed by atoms with Crippen LogP contribution in [0.15, 0.2) is 18.2 Å². The number of nitrogens with zero attached hydrogens (tertiary/aromatic N) is 1. The fourth-order valence-electron chi connectivity index (χ4n) is 2.96. The molecular formula is C17H26N2O2.